The lowest BCUT2D eigenvalue weighted by Crippen LogP contribution is -2.36. The Balaban J connectivity index is 1.77. The number of benzene rings is 2. The first-order chi connectivity index (χ1) is 11.7. The Morgan fingerprint density at radius 1 is 1.12 bits per heavy atom. The number of rotatable bonds is 5. The lowest BCUT2D eigenvalue weighted by Gasteiger charge is -2.14. The van der Waals surface area contributed by atoms with Gasteiger partial charge in [0.1, 0.15) is 5.75 Å². The van der Waals surface area contributed by atoms with E-state index in [-0.39, 0.29) is 5.91 Å². The van der Waals surface area contributed by atoms with E-state index < -0.39 is 6.10 Å². The molecule has 1 aromatic heterocycles. The summed E-state index contributed by atoms with van der Waals surface area (Å²) in [7, 11) is 0. The summed E-state index contributed by atoms with van der Waals surface area (Å²) in [6.07, 6.45) is 1.23. The molecule has 3 aromatic rings. The molecule has 5 heteroatoms. The van der Waals surface area contributed by atoms with E-state index in [1.165, 1.54) is 0 Å². The maximum absolute atomic E-state index is 11.7. The maximum Gasteiger partial charge on any atom is 0.260 e. The third kappa shape index (κ3) is 3.51. The van der Waals surface area contributed by atoms with Crippen LogP contribution in [0, 0.1) is 0 Å². The molecule has 0 fully saturated rings. The number of carbonyl (C=O) groups excluding carboxylic acids is 1. The smallest absolute Gasteiger partial charge is 0.260 e. The van der Waals surface area contributed by atoms with Gasteiger partial charge in [0.05, 0.1) is 22.9 Å². The molecule has 0 radical (unpaired) electrons. The van der Waals surface area contributed by atoms with Gasteiger partial charge in [0.25, 0.3) is 5.91 Å². The molecule has 5 nitrogen and oxygen atoms in total. The van der Waals surface area contributed by atoms with Crippen LogP contribution in [0.1, 0.15) is 13.8 Å². The fourth-order valence-electron chi connectivity index (χ4n) is 2.38. The van der Waals surface area contributed by atoms with E-state index in [0.717, 1.165) is 22.3 Å². The zero-order chi connectivity index (χ0) is 16.9. The van der Waals surface area contributed by atoms with Gasteiger partial charge in [0, 0.05) is 12.1 Å². The van der Waals surface area contributed by atoms with Crippen LogP contribution in [0.2, 0.25) is 0 Å². The number of hydrogen-bond donors (Lipinski definition) is 1. The van der Waals surface area contributed by atoms with E-state index in [0.29, 0.717) is 12.3 Å². The lowest BCUT2D eigenvalue weighted by atomic mass is 10.1. The second-order valence-electron chi connectivity index (χ2n) is 5.42. The number of nitrogens with one attached hydrogen (secondary N) is 1. The van der Waals surface area contributed by atoms with Crippen molar-refractivity contribution in [2.24, 2.45) is 0 Å². The third-order valence-corrected chi connectivity index (χ3v) is 3.63. The zero-order valence-electron chi connectivity index (χ0n) is 13.7. The molecule has 0 aliphatic carbocycles. The molecule has 122 valence electrons. The summed E-state index contributed by atoms with van der Waals surface area (Å²) in [6.45, 7) is 4.20. The van der Waals surface area contributed by atoms with Gasteiger partial charge in [-0.05, 0) is 50.2 Å². The van der Waals surface area contributed by atoms with Crippen LogP contribution in [0.3, 0.4) is 0 Å². The second-order valence-corrected chi connectivity index (χ2v) is 5.42. The van der Waals surface area contributed by atoms with Crippen LogP contribution >= 0.6 is 0 Å². The predicted molar refractivity (Wildman–Crippen MR) is 93.7 cm³/mol. The molecular formula is C19H19N3O2. The molecule has 0 saturated carbocycles. The average molecular weight is 321 g/mol. The predicted octanol–water partition coefficient (Wildman–Crippen LogP) is 3.20. The van der Waals surface area contributed by atoms with Crippen LogP contribution in [-0.4, -0.2) is 28.5 Å². The van der Waals surface area contributed by atoms with Crippen molar-refractivity contribution >= 4 is 16.9 Å². The topological polar surface area (TPSA) is 64.1 Å². The van der Waals surface area contributed by atoms with Gasteiger partial charge >= 0.3 is 0 Å². The van der Waals surface area contributed by atoms with Gasteiger partial charge in [0.2, 0.25) is 0 Å². The summed E-state index contributed by atoms with van der Waals surface area (Å²) >= 11 is 0. The van der Waals surface area contributed by atoms with Crippen LogP contribution < -0.4 is 10.1 Å². The molecule has 1 amide bonds. The fraction of sp³-hybridized carbons (Fsp3) is 0.211. The molecule has 2 aromatic carbocycles. The first kappa shape index (κ1) is 15.9. The van der Waals surface area contributed by atoms with Crippen LogP contribution in [0.15, 0.2) is 54.7 Å². The summed E-state index contributed by atoms with van der Waals surface area (Å²) in [5, 5.41) is 2.74. The van der Waals surface area contributed by atoms with Crippen molar-refractivity contribution in [3.05, 3.63) is 54.7 Å². The van der Waals surface area contributed by atoms with Crippen molar-refractivity contribution in [3.63, 3.8) is 0 Å². The Bertz CT molecular complexity index is 847. The van der Waals surface area contributed by atoms with Crippen LogP contribution in [0.5, 0.6) is 5.75 Å². The molecule has 24 heavy (non-hydrogen) atoms. The molecule has 0 aliphatic heterocycles. The molecule has 0 unspecified atom stereocenters. The van der Waals surface area contributed by atoms with Crippen molar-refractivity contribution < 1.29 is 9.53 Å². The van der Waals surface area contributed by atoms with Crippen molar-refractivity contribution in [2.75, 3.05) is 6.54 Å². The van der Waals surface area contributed by atoms with E-state index in [1.807, 2.05) is 55.5 Å². The fourth-order valence-corrected chi connectivity index (χ4v) is 2.38. The zero-order valence-corrected chi connectivity index (χ0v) is 13.7. The Kier molecular flexibility index (Phi) is 4.70. The molecule has 0 saturated heterocycles. The Labute approximate surface area is 140 Å². The molecule has 3 rings (SSSR count). The highest BCUT2D eigenvalue weighted by molar-refractivity contribution is 5.80. The van der Waals surface area contributed by atoms with E-state index in [1.54, 1.807) is 13.1 Å². The van der Waals surface area contributed by atoms with Gasteiger partial charge in [-0.2, -0.15) is 0 Å². The van der Waals surface area contributed by atoms with Gasteiger partial charge in [-0.15, -0.1) is 0 Å². The van der Waals surface area contributed by atoms with E-state index in [9.17, 15) is 4.79 Å². The SMILES string of the molecule is CCNC(=O)[C@@H](C)Oc1ccc(-c2cnc3ccccc3n2)cc1. The third-order valence-electron chi connectivity index (χ3n) is 3.63. The summed E-state index contributed by atoms with van der Waals surface area (Å²) in [4.78, 5) is 20.8. The van der Waals surface area contributed by atoms with Crippen LogP contribution in [0.4, 0.5) is 0 Å². The molecule has 0 spiro atoms. The molecule has 0 aliphatic rings. The summed E-state index contributed by atoms with van der Waals surface area (Å²) in [6, 6.07) is 15.3. The second kappa shape index (κ2) is 7.08. The van der Waals surface area contributed by atoms with E-state index >= 15 is 0 Å². The standard InChI is InChI=1S/C19H19N3O2/c1-3-20-19(23)13(2)24-15-10-8-14(9-11-15)18-12-21-16-6-4-5-7-17(16)22-18/h4-13H,3H2,1-2H3,(H,20,23)/t13-/m1/s1. The Morgan fingerprint density at radius 3 is 2.54 bits per heavy atom. The van der Waals surface area contributed by atoms with Gasteiger partial charge < -0.3 is 10.1 Å². The number of para-hydroxylation sites is 2. The van der Waals surface area contributed by atoms with Crippen molar-refractivity contribution in [2.45, 2.75) is 20.0 Å². The van der Waals surface area contributed by atoms with Crippen molar-refractivity contribution in [3.8, 4) is 17.0 Å². The van der Waals surface area contributed by atoms with E-state index in [2.05, 4.69) is 15.3 Å². The molecule has 0 bridgehead atoms. The van der Waals surface area contributed by atoms with Crippen molar-refractivity contribution in [1.29, 1.82) is 0 Å². The first-order valence-corrected chi connectivity index (χ1v) is 7.94. The number of ether oxygens (including phenoxy) is 1. The van der Waals surface area contributed by atoms with Crippen molar-refractivity contribution in [1.82, 2.24) is 15.3 Å². The monoisotopic (exact) mass is 321 g/mol. The van der Waals surface area contributed by atoms with Gasteiger partial charge in [-0.1, -0.05) is 12.1 Å². The number of aromatic nitrogens is 2. The molecule has 1 atom stereocenters. The number of likely N-dealkylation sites (N-methyl/N-ethyl adjacent to an activating group) is 1. The Hall–Kier alpha value is -2.95. The largest absolute Gasteiger partial charge is 0.481 e. The summed E-state index contributed by atoms with van der Waals surface area (Å²) in [5.74, 6) is 0.522. The van der Waals surface area contributed by atoms with Gasteiger partial charge in [0.15, 0.2) is 6.10 Å². The minimum absolute atomic E-state index is 0.123. The van der Waals surface area contributed by atoms with Crippen LogP contribution in [-0.2, 0) is 4.79 Å². The van der Waals surface area contributed by atoms with E-state index in [4.69, 9.17) is 4.74 Å². The molecular weight excluding hydrogens is 302 g/mol. The van der Waals surface area contributed by atoms with Crippen LogP contribution in [0.25, 0.3) is 22.3 Å². The quantitative estimate of drug-likeness (QED) is 0.784. The highest BCUT2D eigenvalue weighted by atomic mass is 16.5. The number of nitrogens with zero attached hydrogens (tertiary/aromatic N) is 2. The highest BCUT2D eigenvalue weighted by Gasteiger charge is 2.13. The summed E-state index contributed by atoms with van der Waals surface area (Å²) < 4.78 is 5.64. The minimum Gasteiger partial charge on any atom is -0.481 e. The molecule has 1 heterocycles. The Morgan fingerprint density at radius 2 is 1.83 bits per heavy atom. The summed E-state index contributed by atoms with van der Waals surface area (Å²) in [5.41, 5.74) is 3.49. The first-order valence-electron chi connectivity index (χ1n) is 7.94. The normalized spacial score (nSPS) is 11.9. The van der Waals surface area contributed by atoms with Gasteiger partial charge in [-0.3, -0.25) is 9.78 Å². The minimum atomic E-state index is -0.531. The number of amides is 1. The molecule has 1 N–H and O–H groups in total. The highest BCUT2D eigenvalue weighted by Crippen LogP contribution is 2.22. The number of fused-ring (bicyclic) bond motifs is 1. The van der Waals surface area contributed by atoms with Gasteiger partial charge in [-0.25, -0.2) is 4.98 Å². The maximum atomic E-state index is 11.7. The number of carbonyl (C=O) groups is 1. The lowest BCUT2D eigenvalue weighted by molar-refractivity contribution is -0.127. The number of hydrogen-bond acceptors (Lipinski definition) is 4. The average Bonchev–Trinajstić information content (AvgIpc) is 2.62.